The molecular weight excluding hydrogens is 212 g/mol. The molecule has 1 aromatic heterocycles. The summed E-state index contributed by atoms with van der Waals surface area (Å²) in [6.45, 7) is 3.65. The minimum Gasteiger partial charge on any atom is -0.293 e. The summed E-state index contributed by atoms with van der Waals surface area (Å²) in [6.07, 6.45) is 0.772. The number of ketones is 1. The number of aryl methyl sites for hydroxylation is 2. The van der Waals surface area contributed by atoms with Crippen molar-refractivity contribution in [1.29, 1.82) is 0 Å². The van der Waals surface area contributed by atoms with Crippen LogP contribution >= 0.6 is 0 Å². The Bertz CT molecular complexity index is 555. The van der Waals surface area contributed by atoms with Crippen LogP contribution in [0, 0.1) is 6.92 Å². The molecule has 0 atom stereocenters. The second-order valence-electron chi connectivity index (χ2n) is 4.30. The Hall–Kier alpha value is -1.90. The van der Waals surface area contributed by atoms with Crippen LogP contribution < -0.4 is 0 Å². The Morgan fingerprint density at radius 2 is 2.06 bits per heavy atom. The third-order valence-electron chi connectivity index (χ3n) is 2.92. The number of carbonyl (C=O) groups excluding carboxylic acids is 1. The van der Waals surface area contributed by atoms with Crippen LogP contribution in [0.5, 0.6) is 0 Å². The summed E-state index contributed by atoms with van der Waals surface area (Å²) in [7, 11) is 1.80. The van der Waals surface area contributed by atoms with Gasteiger partial charge in [-0.25, -0.2) is 0 Å². The molecule has 88 valence electrons. The van der Waals surface area contributed by atoms with Gasteiger partial charge in [0.1, 0.15) is 5.69 Å². The van der Waals surface area contributed by atoms with E-state index in [-0.39, 0.29) is 5.78 Å². The maximum Gasteiger partial charge on any atom is 0.177 e. The van der Waals surface area contributed by atoms with Gasteiger partial charge in [-0.15, -0.1) is 0 Å². The molecule has 0 saturated heterocycles. The fourth-order valence-corrected chi connectivity index (χ4v) is 1.95. The number of Topliss-reactive ketones (excluding diaryl/α,β-unsaturated/α-hetero) is 1. The standard InChI is InChI=1S/C14H16N2O/c1-10-6-4-5-7-12(10)8-13-9-14(11(2)17)16(3)15-13/h4-7,9H,8H2,1-3H3. The van der Waals surface area contributed by atoms with E-state index in [4.69, 9.17) is 0 Å². The molecule has 1 heterocycles. The van der Waals surface area contributed by atoms with Crippen LogP contribution in [-0.4, -0.2) is 15.6 Å². The lowest BCUT2D eigenvalue weighted by Gasteiger charge is -2.02. The largest absolute Gasteiger partial charge is 0.293 e. The van der Waals surface area contributed by atoms with Gasteiger partial charge in [-0.3, -0.25) is 9.48 Å². The summed E-state index contributed by atoms with van der Waals surface area (Å²) < 4.78 is 1.65. The summed E-state index contributed by atoms with van der Waals surface area (Å²) in [5.41, 5.74) is 4.10. The average molecular weight is 228 g/mol. The fourth-order valence-electron chi connectivity index (χ4n) is 1.95. The first-order valence-corrected chi connectivity index (χ1v) is 5.66. The van der Waals surface area contributed by atoms with Crippen LogP contribution in [0.3, 0.4) is 0 Å². The Morgan fingerprint density at radius 1 is 1.35 bits per heavy atom. The molecule has 0 N–H and O–H groups in total. The van der Waals surface area contributed by atoms with Crippen molar-refractivity contribution in [3.05, 3.63) is 52.8 Å². The maximum absolute atomic E-state index is 11.3. The predicted octanol–water partition coefficient (Wildman–Crippen LogP) is 2.52. The van der Waals surface area contributed by atoms with E-state index in [1.54, 1.807) is 18.7 Å². The molecule has 0 aliphatic carbocycles. The normalized spacial score (nSPS) is 10.5. The van der Waals surface area contributed by atoms with Gasteiger partial charge in [-0.2, -0.15) is 5.10 Å². The number of nitrogens with zero attached hydrogens (tertiary/aromatic N) is 2. The van der Waals surface area contributed by atoms with Crippen LogP contribution in [0.25, 0.3) is 0 Å². The third kappa shape index (κ3) is 2.44. The lowest BCUT2D eigenvalue weighted by Crippen LogP contribution is -2.02. The van der Waals surface area contributed by atoms with E-state index in [0.717, 1.165) is 12.1 Å². The number of rotatable bonds is 3. The highest BCUT2D eigenvalue weighted by atomic mass is 16.1. The van der Waals surface area contributed by atoms with Crippen molar-refractivity contribution in [1.82, 2.24) is 9.78 Å². The van der Waals surface area contributed by atoms with Crippen molar-refractivity contribution in [3.63, 3.8) is 0 Å². The number of hydrogen-bond acceptors (Lipinski definition) is 2. The van der Waals surface area contributed by atoms with Crippen LogP contribution in [0.2, 0.25) is 0 Å². The van der Waals surface area contributed by atoms with Gasteiger partial charge in [0.05, 0.1) is 5.69 Å². The maximum atomic E-state index is 11.3. The highest BCUT2D eigenvalue weighted by molar-refractivity contribution is 5.92. The molecule has 0 saturated carbocycles. The van der Waals surface area contributed by atoms with Gasteiger partial charge < -0.3 is 0 Å². The first-order valence-electron chi connectivity index (χ1n) is 5.66. The Balaban J connectivity index is 2.28. The summed E-state index contributed by atoms with van der Waals surface area (Å²) in [5.74, 6) is 0.0519. The van der Waals surface area contributed by atoms with Crippen LogP contribution in [0.1, 0.15) is 34.2 Å². The SMILES string of the molecule is CC(=O)c1cc(Cc2ccccc2C)nn1C. The summed E-state index contributed by atoms with van der Waals surface area (Å²) >= 11 is 0. The molecule has 0 fully saturated rings. The smallest absolute Gasteiger partial charge is 0.177 e. The van der Waals surface area contributed by atoms with Crippen molar-refractivity contribution in [2.45, 2.75) is 20.3 Å². The van der Waals surface area contributed by atoms with Gasteiger partial charge in [0.2, 0.25) is 0 Å². The second-order valence-corrected chi connectivity index (χ2v) is 4.30. The molecule has 0 amide bonds. The first-order chi connectivity index (χ1) is 8.08. The quantitative estimate of drug-likeness (QED) is 0.757. The summed E-state index contributed by atoms with van der Waals surface area (Å²) in [5, 5.41) is 4.36. The number of benzene rings is 1. The van der Waals surface area contributed by atoms with Gasteiger partial charge in [0.15, 0.2) is 5.78 Å². The molecule has 2 rings (SSSR count). The average Bonchev–Trinajstić information content (AvgIpc) is 2.63. The van der Waals surface area contributed by atoms with E-state index in [0.29, 0.717) is 5.69 Å². The van der Waals surface area contributed by atoms with Gasteiger partial charge in [-0.1, -0.05) is 24.3 Å². The van der Waals surface area contributed by atoms with E-state index in [1.165, 1.54) is 11.1 Å². The summed E-state index contributed by atoms with van der Waals surface area (Å²) in [4.78, 5) is 11.3. The number of carbonyl (C=O) groups is 1. The topological polar surface area (TPSA) is 34.9 Å². The minimum absolute atomic E-state index is 0.0519. The molecule has 17 heavy (non-hydrogen) atoms. The minimum atomic E-state index is 0.0519. The second kappa shape index (κ2) is 4.53. The van der Waals surface area contributed by atoms with Crippen LogP contribution in [0.4, 0.5) is 0 Å². The van der Waals surface area contributed by atoms with Crippen molar-refractivity contribution in [2.75, 3.05) is 0 Å². The molecule has 1 aromatic carbocycles. The van der Waals surface area contributed by atoms with E-state index in [2.05, 4.69) is 24.2 Å². The molecule has 3 heteroatoms. The number of hydrogen-bond donors (Lipinski definition) is 0. The molecule has 0 aliphatic heterocycles. The monoisotopic (exact) mass is 228 g/mol. The van der Waals surface area contributed by atoms with E-state index >= 15 is 0 Å². The zero-order chi connectivity index (χ0) is 12.4. The van der Waals surface area contributed by atoms with Crippen LogP contribution in [-0.2, 0) is 13.5 Å². The number of aromatic nitrogens is 2. The molecule has 3 nitrogen and oxygen atoms in total. The van der Waals surface area contributed by atoms with E-state index in [1.807, 2.05) is 18.2 Å². The Labute approximate surface area is 101 Å². The Morgan fingerprint density at radius 3 is 2.65 bits per heavy atom. The van der Waals surface area contributed by atoms with Crippen molar-refractivity contribution in [3.8, 4) is 0 Å². The van der Waals surface area contributed by atoms with Gasteiger partial charge >= 0.3 is 0 Å². The molecule has 0 bridgehead atoms. The zero-order valence-electron chi connectivity index (χ0n) is 10.4. The van der Waals surface area contributed by atoms with E-state index < -0.39 is 0 Å². The lowest BCUT2D eigenvalue weighted by atomic mass is 10.0. The molecule has 2 aromatic rings. The molecule has 0 radical (unpaired) electrons. The highest BCUT2D eigenvalue weighted by Gasteiger charge is 2.09. The highest BCUT2D eigenvalue weighted by Crippen LogP contribution is 2.13. The third-order valence-corrected chi connectivity index (χ3v) is 2.92. The predicted molar refractivity (Wildman–Crippen MR) is 67.2 cm³/mol. The van der Waals surface area contributed by atoms with Crippen LogP contribution in [0.15, 0.2) is 30.3 Å². The van der Waals surface area contributed by atoms with Gasteiger partial charge in [0.25, 0.3) is 0 Å². The Kier molecular flexibility index (Phi) is 3.09. The molecular formula is C14H16N2O. The van der Waals surface area contributed by atoms with Crippen molar-refractivity contribution >= 4 is 5.78 Å². The molecule has 0 aliphatic rings. The van der Waals surface area contributed by atoms with E-state index in [9.17, 15) is 4.79 Å². The van der Waals surface area contributed by atoms with Gasteiger partial charge in [-0.05, 0) is 24.1 Å². The summed E-state index contributed by atoms with van der Waals surface area (Å²) in [6, 6.07) is 10.1. The fraction of sp³-hybridized carbons (Fsp3) is 0.286. The van der Waals surface area contributed by atoms with Gasteiger partial charge in [0, 0.05) is 20.4 Å². The molecule has 0 spiro atoms. The lowest BCUT2D eigenvalue weighted by molar-refractivity contribution is 0.100. The molecule has 0 unspecified atom stereocenters. The zero-order valence-corrected chi connectivity index (χ0v) is 10.4. The van der Waals surface area contributed by atoms with Crippen molar-refractivity contribution in [2.24, 2.45) is 7.05 Å². The van der Waals surface area contributed by atoms with Crippen molar-refractivity contribution < 1.29 is 4.79 Å². The first kappa shape index (κ1) is 11.6.